The van der Waals surface area contributed by atoms with Gasteiger partial charge in [-0.2, -0.15) is 5.26 Å². The Morgan fingerprint density at radius 1 is 1.00 bits per heavy atom. The highest BCUT2D eigenvalue weighted by molar-refractivity contribution is 5.89. The van der Waals surface area contributed by atoms with Gasteiger partial charge in [0, 0.05) is 12.8 Å². The Bertz CT molecular complexity index is 910. The number of hydrogen-bond donors (Lipinski definition) is 1. The summed E-state index contributed by atoms with van der Waals surface area (Å²) in [4.78, 5) is 0. The van der Waals surface area contributed by atoms with Gasteiger partial charge < -0.3 is 5.11 Å². The molecule has 0 saturated carbocycles. The molecular formula is C20H14FNO. The molecule has 2 aromatic rings. The van der Waals surface area contributed by atoms with Gasteiger partial charge in [0.1, 0.15) is 5.82 Å². The molecule has 0 heterocycles. The van der Waals surface area contributed by atoms with Crippen molar-refractivity contribution in [1.29, 1.82) is 5.26 Å². The van der Waals surface area contributed by atoms with Crippen molar-refractivity contribution in [2.75, 3.05) is 0 Å². The van der Waals surface area contributed by atoms with E-state index in [1.165, 1.54) is 12.1 Å². The topological polar surface area (TPSA) is 44.0 Å². The largest absolute Gasteiger partial charge is 0.384 e. The van der Waals surface area contributed by atoms with Gasteiger partial charge >= 0.3 is 0 Å². The van der Waals surface area contributed by atoms with Gasteiger partial charge in [-0.3, -0.25) is 0 Å². The third-order valence-electron chi connectivity index (χ3n) is 4.74. The third-order valence-corrected chi connectivity index (χ3v) is 4.74. The van der Waals surface area contributed by atoms with Gasteiger partial charge in [0.15, 0.2) is 0 Å². The van der Waals surface area contributed by atoms with Crippen LogP contribution in [0.3, 0.4) is 0 Å². The first kappa shape index (κ1) is 13.9. The summed E-state index contributed by atoms with van der Waals surface area (Å²) >= 11 is 0. The molecule has 2 aromatic carbocycles. The van der Waals surface area contributed by atoms with E-state index < -0.39 is 11.4 Å². The lowest BCUT2D eigenvalue weighted by molar-refractivity contribution is 0.0596. The number of rotatable bonds is 1. The summed E-state index contributed by atoms with van der Waals surface area (Å²) in [6.07, 6.45) is 1.01. The van der Waals surface area contributed by atoms with E-state index in [2.05, 4.69) is 13.2 Å². The van der Waals surface area contributed by atoms with Crippen molar-refractivity contribution >= 4 is 11.1 Å². The van der Waals surface area contributed by atoms with Crippen LogP contribution >= 0.6 is 0 Å². The van der Waals surface area contributed by atoms with Crippen molar-refractivity contribution in [1.82, 2.24) is 0 Å². The molecule has 4 rings (SSSR count). The number of nitriles is 1. The SMILES string of the molecule is C=C1CC2(O)CC(=C)c3cc(-c4cc(F)cc(C#N)c4)cc1c32. The number of halogens is 1. The van der Waals surface area contributed by atoms with E-state index >= 15 is 0 Å². The van der Waals surface area contributed by atoms with Crippen molar-refractivity contribution in [3.63, 3.8) is 0 Å². The van der Waals surface area contributed by atoms with Gasteiger partial charge in [-0.15, -0.1) is 0 Å². The summed E-state index contributed by atoms with van der Waals surface area (Å²) in [6.45, 7) is 8.12. The Morgan fingerprint density at radius 3 is 2.13 bits per heavy atom. The summed E-state index contributed by atoms with van der Waals surface area (Å²) in [5, 5.41) is 19.8. The molecule has 2 aliphatic carbocycles. The average molecular weight is 303 g/mol. The molecule has 0 amide bonds. The molecule has 3 heteroatoms. The smallest absolute Gasteiger partial charge is 0.125 e. The summed E-state index contributed by atoms with van der Waals surface area (Å²) in [5.41, 5.74) is 5.34. The summed E-state index contributed by atoms with van der Waals surface area (Å²) in [6, 6.07) is 10.1. The lowest BCUT2D eigenvalue weighted by atomic mass is 9.94. The molecular weight excluding hydrogens is 289 g/mol. The van der Waals surface area contributed by atoms with Crippen molar-refractivity contribution in [3.8, 4) is 17.2 Å². The van der Waals surface area contributed by atoms with Crippen molar-refractivity contribution in [2.24, 2.45) is 0 Å². The normalized spacial score (nSPS) is 17.3. The number of benzene rings is 2. The molecule has 0 unspecified atom stereocenters. The van der Waals surface area contributed by atoms with Crippen molar-refractivity contribution in [3.05, 3.63) is 71.6 Å². The van der Waals surface area contributed by atoms with E-state index in [9.17, 15) is 9.50 Å². The fourth-order valence-electron chi connectivity index (χ4n) is 3.82. The molecule has 2 nitrogen and oxygen atoms in total. The van der Waals surface area contributed by atoms with Crippen LogP contribution in [-0.2, 0) is 5.60 Å². The molecule has 0 aromatic heterocycles. The second-order valence-electron chi connectivity index (χ2n) is 6.38. The highest BCUT2D eigenvalue weighted by atomic mass is 19.1. The number of aliphatic hydroxyl groups is 1. The van der Waals surface area contributed by atoms with Gasteiger partial charge in [0.2, 0.25) is 0 Å². The predicted octanol–water partition coefficient (Wildman–Crippen LogP) is 4.39. The van der Waals surface area contributed by atoms with Crippen molar-refractivity contribution in [2.45, 2.75) is 18.4 Å². The molecule has 0 radical (unpaired) electrons. The highest BCUT2D eigenvalue weighted by Crippen LogP contribution is 2.56. The van der Waals surface area contributed by atoms with Gasteiger partial charge in [-0.25, -0.2) is 4.39 Å². The van der Waals surface area contributed by atoms with Gasteiger partial charge in [0.05, 0.1) is 17.2 Å². The van der Waals surface area contributed by atoms with E-state index in [0.29, 0.717) is 18.4 Å². The standard InChI is InChI=1S/C20H14FNO/c1-11-8-20(23)9-12(2)18-7-15(6-17(11)19(18)20)14-3-13(10-22)4-16(21)5-14/h3-7,23H,1-2,8-9H2. The zero-order valence-corrected chi connectivity index (χ0v) is 12.5. The van der Waals surface area contributed by atoms with E-state index in [1.54, 1.807) is 6.07 Å². The van der Waals surface area contributed by atoms with Gasteiger partial charge in [0.25, 0.3) is 0 Å². The molecule has 2 aliphatic rings. The van der Waals surface area contributed by atoms with Crippen molar-refractivity contribution < 1.29 is 9.50 Å². The lowest BCUT2D eigenvalue weighted by Crippen LogP contribution is -2.17. The van der Waals surface area contributed by atoms with Crippen LogP contribution in [0.5, 0.6) is 0 Å². The van der Waals surface area contributed by atoms with Crippen LogP contribution in [-0.4, -0.2) is 5.11 Å². The average Bonchev–Trinajstić information content (AvgIpc) is 2.91. The molecule has 0 aliphatic heterocycles. The molecule has 1 N–H and O–H groups in total. The third kappa shape index (κ3) is 1.89. The Balaban J connectivity index is 1.98. The minimum absolute atomic E-state index is 0.283. The lowest BCUT2D eigenvalue weighted by Gasteiger charge is -2.16. The summed E-state index contributed by atoms with van der Waals surface area (Å²) < 4.78 is 13.8. The minimum atomic E-state index is -0.892. The first-order valence-electron chi connectivity index (χ1n) is 7.39. The monoisotopic (exact) mass is 303 g/mol. The highest BCUT2D eigenvalue weighted by Gasteiger charge is 2.46. The van der Waals surface area contributed by atoms with Crippen LogP contribution in [0.2, 0.25) is 0 Å². The molecule has 0 fully saturated rings. The first-order chi connectivity index (χ1) is 10.9. The van der Waals surface area contributed by atoms with Gasteiger partial charge in [-0.1, -0.05) is 13.2 Å². The minimum Gasteiger partial charge on any atom is -0.384 e. The zero-order chi connectivity index (χ0) is 16.4. The Kier molecular flexibility index (Phi) is 2.67. The Labute approximate surface area is 133 Å². The molecule has 0 bridgehead atoms. The van der Waals surface area contributed by atoms with E-state index in [4.69, 9.17) is 5.26 Å². The van der Waals surface area contributed by atoms with Gasteiger partial charge in [-0.05, 0) is 69.3 Å². The maximum absolute atomic E-state index is 13.8. The Hall–Kier alpha value is -2.70. The summed E-state index contributed by atoms with van der Waals surface area (Å²) in [7, 11) is 0. The second-order valence-corrected chi connectivity index (χ2v) is 6.38. The van der Waals surface area contributed by atoms with E-state index in [0.717, 1.165) is 33.4 Å². The van der Waals surface area contributed by atoms with Crippen LogP contribution in [0.25, 0.3) is 22.3 Å². The molecule has 0 saturated heterocycles. The fourth-order valence-corrected chi connectivity index (χ4v) is 3.82. The maximum Gasteiger partial charge on any atom is 0.125 e. The fraction of sp³-hybridized carbons (Fsp3) is 0.150. The molecule has 112 valence electrons. The molecule has 0 spiro atoms. The predicted molar refractivity (Wildman–Crippen MR) is 87.7 cm³/mol. The molecule has 0 atom stereocenters. The van der Waals surface area contributed by atoms with E-state index in [-0.39, 0.29) is 5.56 Å². The quantitative estimate of drug-likeness (QED) is 0.849. The van der Waals surface area contributed by atoms with Crippen LogP contribution in [0.15, 0.2) is 43.5 Å². The Morgan fingerprint density at radius 2 is 1.57 bits per heavy atom. The maximum atomic E-state index is 13.8. The number of nitrogens with zero attached hydrogens (tertiary/aromatic N) is 1. The zero-order valence-electron chi connectivity index (χ0n) is 12.5. The van der Waals surface area contributed by atoms with Crippen LogP contribution in [0, 0.1) is 17.1 Å². The molecule has 23 heavy (non-hydrogen) atoms. The van der Waals surface area contributed by atoms with Crippen LogP contribution in [0.1, 0.15) is 35.1 Å². The second kappa shape index (κ2) is 4.41. The van der Waals surface area contributed by atoms with Crippen LogP contribution < -0.4 is 0 Å². The van der Waals surface area contributed by atoms with Crippen LogP contribution in [0.4, 0.5) is 4.39 Å². The summed E-state index contributed by atoms with van der Waals surface area (Å²) in [5.74, 6) is -0.440. The first-order valence-corrected chi connectivity index (χ1v) is 7.39. The van der Waals surface area contributed by atoms with E-state index in [1.807, 2.05) is 18.2 Å². The number of hydrogen-bond acceptors (Lipinski definition) is 2.